The number of hydrogen-bond donors (Lipinski definition) is 2. The van der Waals surface area contributed by atoms with E-state index in [1.165, 1.54) is 0 Å². The Balaban J connectivity index is 1.87. The minimum absolute atomic E-state index is 0.0923. The summed E-state index contributed by atoms with van der Waals surface area (Å²) in [5.41, 5.74) is 0.335. The Bertz CT molecular complexity index is 796. The van der Waals surface area contributed by atoms with Crippen LogP contribution in [0.5, 0.6) is 5.75 Å². The number of ether oxygens (including phenoxy) is 1. The molecular formula is C20H22Cl2N2O3. The molecule has 0 radical (unpaired) electrons. The Kier molecular flexibility index (Phi) is 7.95. The molecule has 5 nitrogen and oxygen atoms in total. The van der Waals surface area contributed by atoms with Gasteiger partial charge in [-0.2, -0.15) is 0 Å². The molecule has 2 N–H and O–H groups in total. The van der Waals surface area contributed by atoms with Gasteiger partial charge in [0.1, 0.15) is 18.4 Å². The quantitative estimate of drug-likeness (QED) is 0.649. The van der Waals surface area contributed by atoms with Gasteiger partial charge in [0.15, 0.2) is 0 Å². The van der Waals surface area contributed by atoms with Crippen LogP contribution in [0.25, 0.3) is 0 Å². The van der Waals surface area contributed by atoms with Crippen molar-refractivity contribution in [2.24, 2.45) is 5.92 Å². The van der Waals surface area contributed by atoms with E-state index in [9.17, 15) is 9.59 Å². The number of amides is 2. The zero-order chi connectivity index (χ0) is 19.8. The smallest absolute Gasteiger partial charge is 0.253 e. The number of rotatable bonds is 8. The third-order valence-corrected chi connectivity index (χ3v) is 4.39. The number of carbonyl (C=O) groups is 2. The Labute approximate surface area is 169 Å². The molecule has 0 saturated carbocycles. The Morgan fingerprint density at radius 1 is 1.07 bits per heavy atom. The molecule has 0 heterocycles. The predicted octanol–water partition coefficient (Wildman–Crippen LogP) is 3.94. The van der Waals surface area contributed by atoms with Crippen molar-refractivity contribution in [1.29, 1.82) is 0 Å². The molecule has 2 aromatic rings. The second kappa shape index (κ2) is 10.2. The average Bonchev–Trinajstić information content (AvgIpc) is 2.63. The molecule has 27 heavy (non-hydrogen) atoms. The second-order valence-electron chi connectivity index (χ2n) is 6.27. The molecule has 0 saturated heterocycles. The average molecular weight is 409 g/mol. The van der Waals surface area contributed by atoms with Crippen molar-refractivity contribution in [2.75, 3.05) is 13.2 Å². The van der Waals surface area contributed by atoms with Crippen molar-refractivity contribution in [2.45, 2.75) is 19.9 Å². The summed E-state index contributed by atoms with van der Waals surface area (Å²) in [7, 11) is 0. The summed E-state index contributed by atoms with van der Waals surface area (Å²) >= 11 is 11.9. The summed E-state index contributed by atoms with van der Waals surface area (Å²) in [5.74, 6) is -0.126. The van der Waals surface area contributed by atoms with Crippen molar-refractivity contribution < 1.29 is 14.3 Å². The molecule has 0 fully saturated rings. The molecule has 1 unspecified atom stereocenters. The minimum Gasteiger partial charge on any atom is -0.492 e. The van der Waals surface area contributed by atoms with Crippen molar-refractivity contribution in [3.63, 3.8) is 0 Å². The van der Waals surface area contributed by atoms with Crippen molar-refractivity contribution in [3.8, 4) is 5.75 Å². The van der Waals surface area contributed by atoms with E-state index in [2.05, 4.69) is 10.6 Å². The summed E-state index contributed by atoms with van der Waals surface area (Å²) in [6, 6.07) is 13.1. The van der Waals surface area contributed by atoms with Crippen LogP contribution in [0.1, 0.15) is 24.2 Å². The summed E-state index contributed by atoms with van der Waals surface area (Å²) in [5, 5.41) is 6.44. The molecule has 144 valence electrons. The minimum atomic E-state index is -0.681. The maximum Gasteiger partial charge on any atom is 0.253 e. The van der Waals surface area contributed by atoms with Crippen LogP contribution in [0.4, 0.5) is 0 Å². The highest BCUT2D eigenvalue weighted by atomic mass is 35.5. The van der Waals surface area contributed by atoms with E-state index in [0.29, 0.717) is 27.9 Å². The predicted molar refractivity (Wildman–Crippen MR) is 108 cm³/mol. The largest absolute Gasteiger partial charge is 0.492 e. The van der Waals surface area contributed by atoms with Crippen LogP contribution in [-0.2, 0) is 4.79 Å². The molecular weight excluding hydrogens is 387 g/mol. The first-order chi connectivity index (χ1) is 12.9. The summed E-state index contributed by atoms with van der Waals surface area (Å²) < 4.78 is 5.54. The first kappa shape index (κ1) is 21.1. The molecule has 0 aliphatic carbocycles. The Morgan fingerprint density at radius 3 is 2.48 bits per heavy atom. The third kappa shape index (κ3) is 6.45. The van der Waals surface area contributed by atoms with E-state index in [1.54, 1.807) is 48.5 Å². The summed E-state index contributed by atoms with van der Waals surface area (Å²) in [6.07, 6.45) is 0. The monoisotopic (exact) mass is 408 g/mol. The molecule has 1 atom stereocenters. The van der Waals surface area contributed by atoms with Crippen LogP contribution in [0.2, 0.25) is 10.0 Å². The normalized spacial score (nSPS) is 11.7. The zero-order valence-corrected chi connectivity index (χ0v) is 16.7. The van der Waals surface area contributed by atoms with Gasteiger partial charge in [-0.25, -0.2) is 0 Å². The molecule has 7 heteroatoms. The summed E-state index contributed by atoms with van der Waals surface area (Å²) in [6.45, 7) is 4.31. The van der Waals surface area contributed by atoms with E-state index in [-0.39, 0.29) is 24.3 Å². The van der Waals surface area contributed by atoms with Gasteiger partial charge in [0.2, 0.25) is 5.91 Å². The first-order valence-corrected chi connectivity index (χ1v) is 9.35. The van der Waals surface area contributed by atoms with Crippen LogP contribution in [0, 0.1) is 5.92 Å². The molecule has 0 aromatic heterocycles. The maximum absolute atomic E-state index is 12.5. The fourth-order valence-corrected chi connectivity index (χ4v) is 2.81. The first-order valence-electron chi connectivity index (χ1n) is 8.60. The lowest BCUT2D eigenvalue weighted by atomic mass is 10.0. The van der Waals surface area contributed by atoms with Gasteiger partial charge in [-0.05, 0) is 36.2 Å². The molecule has 2 rings (SSSR count). The lowest BCUT2D eigenvalue weighted by Gasteiger charge is -2.22. The van der Waals surface area contributed by atoms with Gasteiger partial charge in [0.05, 0.1) is 17.1 Å². The highest BCUT2D eigenvalue weighted by molar-refractivity contribution is 6.33. The number of hydrogen-bond acceptors (Lipinski definition) is 3. The van der Waals surface area contributed by atoms with Crippen LogP contribution in [0.15, 0.2) is 48.5 Å². The maximum atomic E-state index is 12.5. The van der Waals surface area contributed by atoms with Crippen molar-refractivity contribution >= 4 is 35.0 Å². The van der Waals surface area contributed by atoms with E-state index in [1.807, 2.05) is 13.8 Å². The Morgan fingerprint density at radius 2 is 1.81 bits per heavy atom. The molecule has 0 aliphatic rings. The van der Waals surface area contributed by atoms with E-state index in [0.717, 1.165) is 0 Å². The van der Waals surface area contributed by atoms with Gasteiger partial charge < -0.3 is 15.4 Å². The van der Waals surface area contributed by atoms with Gasteiger partial charge in [0.25, 0.3) is 5.91 Å². The standard InChI is InChI=1S/C20H22Cl2N2O3/c1-13(2)18(24-19(25)16-8-3-4-9-17(16)22)20(26)23-10-11-27-15-7-5-6-14(21)12-15/h3-9,12-13,18H,10-11H2,1-2H3,(H,23,26)(H,24,25). The van der Waals surface area contributed by atoms with E-state index in [4.69, 9.17) is 27.9 Å². The second-order valence-corrected chi connectivity index (χ2v) is 7.12. The lowest BCUT2D eigenvalue weighted by molar-refractivity contribution is -0.124. The fourth-order valence-electron chi connectivity index (χ4n) is 2.41. The lowest BCUT2D eigenvalue weighted by Crippen LogP contribution is -2.50. The highest BCUT2D eigenvalue weighted by Gasteiger charge is 2.25. The summed E-state index contributed by atoms with van der Waals surface area (Å²) in [4.78, 5) is 24.9. The van der Waals surface area contributed by atoms with Crippen molar-refractivity contribution in [3.05, 3.63) is 64.1 Å². The third-order valence-electron chi connectivity index (χ3n) is 3.82. The molecule has 0 bridgehead atoms. The van der Waals surface area contributed by atoms with Crippen LogP contribution in [0.3, 0.4) is 0 Å². The van der Waals surface area contributed by atoms with Gasteiger partial charge in [-0.15, -0.1) is 0 Å². The number of nitrogens with one attached hydrogen (secondary N) is 2. The zero-order valence-electron chi connectivity index (χ0n) is 15.2. The van der Waals surface area contributed by atoms with Gasteiger partial charge in [-0.3, -0.25) is 9.59 Å². The molecule has 2 amide bonds. The number of carbonyl (C=O) groups excluding carboxylic acids is 2. The van der Waals surface area contributed by atoms with Gasteiger partial charge in [0, 0.05) is 5.02 Å². The van der Waals surface area contributed by atoms with Crippen molar-refractivity contribution in [1.82, 2.24) is 10.6 Å². The van der Waals surface area contributed by atoms with Crippen LogP contribution < -0.4 is 15.4 Å². The van der Waals surface area contributed by atoms with E-state index < -0.39 is 6.04 Å². The molecule has 0 spiro atoms. The van der Waals surface area contributed by atoms with E-state index >= 15 is 0 Å². The number of halogens is 2. The van der Waals surface area contributed by atoms with Crippen LogP contribution in [-0.4, -0.2) is 31.0 Å². The Hall–Kier alpha value is -2.24. The topological polar surface area (TPSA) is 67.4 Å². The molecule has 0 aliphatic heterocycles. The highest BCUT2D eigenvalue weighted by Crippen LogP contribution is 2.17. The SMILES string of the molecule is CC(C)C(NC(=O)c1ccccc1Cl)C(=O)NCCOc1cccc(Cl)c1. The fraction of sp³-hybridized carbons (Fsp3) is 0.300. The van der Waals surface area contributed by atoms with Gasteiger partial charge in [-0.1, -0.05) is 55.2 Å². The van der Waals surface area contributed by atoms with Gasteiger partial charge >= 0.3 is 0 Å². The number of benzene rings is 2. The van der Waals surface area contributed by atoms with Crippen LogP contribution >= 0.6 is 23.2 Å². The molecule has 2 aromatic carbocycles.